The number of anilines is 7. The molecule has 0 radical (unpaired) electrons. The molecule has 7 rings (SSSR count). The number of sulfonamides is 1. The number of benzene rings is 2. The molecule has 5 heterocycles. The highest BCUT2D eigenvalue weighted by Gasteiger charge is 2.37. The standard InChI is InChI=1S/C42H50BrF2N15O8S/c1-42(2,3)68-41(62)53-30-21-59(20-28(30)45)40-55-36(33-37(56-40)58(4)23-48-33)52-31-22-60(57-38(31)65-5)14-16-67-18-17-66-15-13-49-69(63,64)25-11-9-24(10-12-25)50-39-47-19-26(43)35(54-39)51-29-8-6-7-27(44)32(29)34(46)61/h6-12,19,22-23,28,30,49H,13-18,20-21H2,1-5H3,(H2,46,61)(H,53,62)(H,52,55,56)(H2,47,50,51,54)/t28-,30-/m1/s1. The highest BCUT2D eigenvalue weighted by atomic mass is 79.9. The zero-order valence-corrected chi connectivity index (χ0v) is 40.4. The minimum atomic E-state index is -3.87. The van der Waals surface area contributed by atoms with E-state index in [0.29, 0.717) is 39.4 Å². The van der Waals surface area contributed by atoms with Crippen molar-refractivity contribution in [3.05, 3.63) is 77.0 Å². The van der Waals surface area contributed by atoms with Crippen molar-refractivity contribution in [3.8, 4) is 5.88 Å². The lowest BCUT2D eigenvalue weighted by Gasteiger charge is -2.22. The van der Waals surface area contributed by atoms with Crippen molar-refractivity contribution >= 4 is 89.7 Å². The number of nitrogens with zero attached hydrogens (tertiary/aromatic N) is 9. The van der Waals surface area contributed by atoms with Crippen LogP contribution in [0.4, 0.5) is 54.2 Å². The van der Waals surface area contributed by atoms with E-state index in [9.17, 15) is 22.4 Å². The van der Waals surface area contributed by atoms with Crippen LogP contribution in [-0.2, 0) is 37.8 Å². The minimum absolute atomic E-state index is 0.00927. The maximum absolute atomic E-state index is 15.2. The number of methoxy groups -OCH3 is 1. The van der Waals surface area contributed by atoms with Gasteiger partial charge in [-0.25, -0.2) is 36.7 Å². The molecule has 4 aromatic heterocycles. The summed E-state index contributed by atoms with van der Waals surface area (Å²) in [4.78, 5) is 48.2. The Morgan fingerprint density at radius 1 is 0.942 bits per heavy atom. The number of rotatable bonds is 21. The molecule has 0 aliphatic carbocycles. The van der Waals surface area contributed by atoms with Gasteiger partial charge in [-0.2, -0.15) is 15.0 Å². The molecule has 1 fully saturated rings. The summed E-state index contributed by atoms with van der Waals surface area (Å²) in [6, 6.07) is 9.06. The largest absolute Gasteiger partial charge is 0.478 e. The van der Waals surface area contributed by atoms with E-state index in [0.717, 1.165) is 6.07 Å². The number of hydrogen-bond donors (Lipinski definition) is 6. The van der Waals surface area contributed by atoms with Gasteiger partial charge in [-0.3, -0.25) is 9.48 Å². The second kappa shape index (κ2) is 21.6. The first-order chi connectivity index (χ1) is 32.9. The monoisotopic (exact) mass is 1040 g/mol. The average molecular weight is 1040 g/mol. The Morgan fingerprint density at radius 3 is 2.41 bits per heavy atom. The predicted molar refractivity (Wildman–Crippen MR) is 253 cm³/mol. The van der Waals surface area contributed by atoms with Crippen molar-refractivity contribution in [3.63, 3.8) is 0 Å². The Bertz CT molecular complexity index is 2900. The summed E-state index contributed by atoms with van der Waals surface area (Å²) >= 11 is 3.33. The van der Waals surface area contributed by atoms with E-state index in [1.165, 1.54) is 49.7 Å². The molecular weight excluding hydrogens is 993 g/mol. The fraction of sp³-hybridized carbons (Fsp3) is 0.381. The zero-order chi connectivity index (χ0) is 49.5. The highest BCUT2D eigenvalue weighted by molar-refractivity contribution is 9.10. The van der Waals surface area contributed by atoms with Crippen molar-refractivity contribution in [2.24, 2.45) is 12.8 Å². The van der Waals surface area contributed by atoms with Gasteiger partial charge in [0.2, 0.25) is 21.9 Å². The third-order valence-electron chi connectivity index (χ3n) is 10.0. The lowest BCUT2D eigenvalue weighted by atomic mass is 10.1. The number of hydrogen-bond acceptors (Lipinski definition) is 18. The third kappa shape index (κ3) is 12.8. The van der Waals surface area contributed by atoms with Gasteiger partial charge in [0.15, 0.2) is 17.0 Å². The third-order valence-corrected chi connectivity index (χ3v) is 12.1. The Hall–Kier alpha value is -6.81. The molecule has 2 aromatic carbocycles. The Labute approximate surface area is 403 Å². The molecule has 2 amide bonds. The van der Waals surface area contributed by atoms with Crippen molar-refractivity contribution in [2.75, 3.05) is 74.0 Å². The Balaban J connectivity index is 0.840. The number of primary amides is 1. The van der Waals surface area contributed by atoms with Gasteiger partial charge in [0, 0.05) is 32.0 Å². The van der Waals surface area contributed by atoms with Crippen molar-refractivity contribution in [2.45, 2.75) is 50.0 Å². The second-order valence-electron chi connectivity index (χ2n) is 16.3. The molecule has 1 aliphatic heterocycles. The molecule has 0 saturated carbocycles. The van der Waals surface area contributed by atoms with Crippen molar-refractivity contribution in [1.29, 1.82) is 0 Å². The van der Waals surface area contributed by atoms with Crippen LogP contribution in [0.2, 0.25) is 0 Å². The van der Waals surface area contributed by atoms with Gasteiger partial charge >= 0.3 is 6.09 Å². The van der Waals surface area contributed by atoms with Crippen LogP contribution in [-0.4, -0.2) is 131 Å². The number of nitrogens with one attached hydrogen (secondary N) is 5. The van der Waals surface area contributed by atoms with Crippen LogP contribution in [0.1, 0.15) is 31.1 Å². The molecule has 1 aliphatic rings. The summed E-state index contributed by atoms with van der Waals surface area (Å²) in [5.41, 5.74) is 6.32. The molecule has 27 heteroatoms. The Morgan fingerprint density at radius 2 is 1.68 bits per heavy atom. The van der Waals surface area contributed by atoms with E-state index in [4.69, 9.17) is 24.7 Å². The van der Waals surface area contributed by atoms with Crippen LogP contribution < -0.4 is 41.4 Å². The van der Waals surface area contributed by atoms with E-state index in [1.54, 1.807) is 54.5 Å². The normalized spacial score (nSPS) is 15.0. The van der Waals surface area contributed by atoms with Crippen LogP contribution in [0.3, 0.4) is 0 Å². The number of nitrogens with two attached hydrogens (primary N) is 1. The maximum atomic E-state index is 15.2. The van der Waals surface area contributed by atoms with Gasteiger partial charge in [0.1, 0.15) is 29.1 Å². The number of halogens is 3. The number of ether oxygens (including phenoxy) is 4. The van der Waals surface area contributed by atoms with E-state index in [2.05, 4.69) is 71.9 Å². The lowest BCUT2D eigenvalue weighted by Crippen LogP contribution is -2.44. The Kier molecular flexibility index (Phi) is 15.7. The van der Waals surface area contributed by atoms with Gasteiger partial charge < -0.3 is 55.4 Å². The SMILES string of the molecule is COc1nn(CCOCCOCCNS(=O)(=O)c2ccc(Nc3ncc(Br)c(Nc4cccc(F)c4C(N)=O)n3)cc2)cc1Nc1nc(N2C[C@@H](F)[C@H](NC(=O)OC(C)(C)C)C2)nc2c1ncn2C. The first-order valence-corrected chi connectivity index (χ1v) is 23.5. The summed E-state index contributed by atoms with van der Waals surface area (Å²) in [5.74, 6) is -0.560. The molecule has 368 valence electrons. The van der Waals surface area contributed by atoms with Crippen LogP contribution in [0.25, 0.3) is 11.2 Å². The number of amides is 2. The van der Waals surface area contributed by atoms with E-state index < -0.39 is 45.7 Å². The number of alkyl halides is 1. The molecule has 0 bridgehead atoms. The van der Waals surface area contributed by atoms with E-state index in [1.807, 2.05) is 0 Å². The van der Waals surface area contributed by atoms with Crippen LogP contribution >= 0.6 is 15.9 Å². The quantitative estimate of drug-likeness (QED) is 0.0535. The maximum Gasteiger partial charge on any atom is 0.408 e. The number of aromatic nitrogens is 8. The van der Waals surface area contributed by atoms with Crippen LogP contribution in [0.5, 0.6) is 5.88 Å². The first kappa shape index (κ1) is 50.1. The van der Waals surface area contributed by atoms with Crippen molar-refractivity contribution in [1.82, 2.24) is 49.3 Å². The first-order valence-electron chi connectivity index (χ1n) is 21.2. The number of fused-ring (bicyclic) bond motifs is 1. The molecule has 69 heavy (non-hydrogen) atoms. The topological polar surface area (TPSA) is 282 Å². The molecule has 0 unspecified atom stereocenters. The fourth-order valence-corrected chi connectivity index (χ4v) is 8.11. The van der Waals surface area contributed by atoms with Gasteiger partial charge in [-0.05, 0) is 73.1 Å². The number of carbonyl (C=O) groups is 2. The number of alkyl carbamates (subject to hydrolysis) is 1. The minimum Gasteiger partial charge on any atom is -0.478 e. The summed E-state index contributed by atoms with van der Waals surface area (Å²) in [7, 11) is -0.613. The average Bonchev–Trinajstić information content (AvgIpc) is 3.99. The fourth-order valence-electron chi connectivity index (χ4n) is 6.81. The number of carbonyl (C=O) groups excluding carboxylic acids is 2. The smallest absolute Gasteiger partial charge is 0.408 e. The van der Waals surface area contributed by atoms with Gasteiger partial charge in [-0.1, -0.05) is 6.07 Å². The number of aryl methyl sites for hydroxylation is 1. The predicted octanol–water partition coefficient (Wildman–Crippen LogP) is 4.65. The molecule has 7 N–H and O–H groups in total. The van der Waals surface area contributed by atoms with Gasteiger partial charge in [-0.15, -0.1) is 5.10 Å². The van der Waals surface area contributed by atoms with Gasteiger partial charge in [0.25, 0.3) is 11.8 Å². The van der Waals surface area contributed by atoms with E-state index in [-0.39, 0.29) is 85.8 Å². The summed E-state index contributed by atoms with van der Waals surface area (Å²) in [6.45, 7) is 6.40. The zero-order valence-electron chi connectivity index (χ0n) is 38.0. The van der Waals surface area contributed by atoms with E-state index >= 15 is 4.39 Å². The molecule has 23 nitrogen and oxygen atoms in total. The van der Waals surface area contributed by atoms with Crippen LogP contribution in [0, 0.1) is 5.82 Å². The lowest BCUT2D eigenvalue weighted by molar-refractivity contribution is 0.0460. The molecule has 6 aromatic rings. The van der Waals surface area contributed by atoms with Gasteiger partial charge in [0.05, 0.1) is 85.8 Å². The summed E-state index contributed by atoms with van der Waals surface area (Å²) in [5, 5.41) is 16.2. The summed E-state index contributed by atoms with van der Waals surface area (Å²) < 4.78 is 83.7. The highest BCUT2D eigenvalue weighted by Crippen LogP contribution is 2.32. The van der Waals surface area contributed by atoms with Crippen LogP contribution in [0.15, 0.2) is 70.6 Å². The molecule has 1 saturated heterocycles. The summed E-state index contributed by atoms with van der Waals surface area (Å²) in [6.07, 6.45) is 2.64. The molecule has 2 atom stereocenters. The molecular formula is C42H50BrF2N15O8S. The second-order valence-corrected chi connectivity index (χ2v) is 18.9. The van der Waals surface area contributed by atoms with Crippen molar-refractivity contribution < 1.29 is 45.7 Å². The molecule has 0 spiro atoms. The number of imidazole rings is 1.